The lowest BCUT2D eigenvalue weighted by atomic mass is 10.2. The molecule has 1 fully saturated rings. The molecule has 1 atom stereocenters. The number of nitrogens with one attached hydrogen (secondary N) is 2. The highest BCUT2D eigenvalue weighted by atomic mass is 35.5. The minimum Gasteiger partial charge on any atom is -0.495 e. The molecule has 2 rings (SSSR count). The molecular weight excluding hydrogens is 280 g/mol. The van der Waals surface area contributed by atoms with Crippen molar-refractivity contribution >= 4 is 23.2 Å². The molecule has 0 spiro atoms. The van der Waals surface area contributed by atoms with E-state index in [-0.39, 0.29) is 18.6 Å². The Labute approximate surface area is 123 Å². The standard InChI is InChI=1S/C14H19ClN2O3/c1-19-13-5-4-10(7-12(13)15)16-9-14(18)17-8-11-3-2-6-20-11/h4-5,7,11,16H,2-3,6,8-9H2,1H3,(H,17,18). The lowest BCUT2D eigenvalue weighted by Crippen LogP contribution is -2.35. The first-order chi connectivity index (χ1) is 9.69. The molecule has 0 aromatic heterocycles. The van der Waals surface area contributed by atoms with Gasteiger partial charge in [0.1, 0.15) is 5.75 Å². The second kappa shape index (κ2) is 7.36. The van der Waals surface area contributed by atoms with Gasteiger partial charge in [0.05, 0.1) is 24.8 Å². The molecule has 110 valence electrons. The molecule has 1 unspecified atom stereocenters. The average molecular weight is 299 g/mol. The Hall–Kier alpha value is -1.46. The van der Waals surface area contributed by atoms with Gasteiger partial charge in [0.2, 0.25) is 5.91 Å². The molecular formula is C14H19ClN2O3. The first kappa shape index (κ1) is 14.9. The molecule has 5 nitrogen and oxygen atoms in total. The first-order valence-corrected chi connectivity index (χ1v) is 7.02. The van der Waals surface area contributed by atoms with Gasteiger partial charge in [-0.05, 0) is 31.0 Å². The molecule has 1 heterocycles. The summed E-state index contributed by atoms with van der Waals surface area (Å²) >= 11 is 6.01. The third-order valence-corrected chi connectivity index (χ3v) is 3.45. The fourth-order valence-electron chi connectivity index (χ4n) is 2.05. The van der Waals surface area contributed by atoms with E-state index in [0.29, 0.717) is 17.3 Å². The number of amides is 1. The van der Waals surface area contributed by atoms with E-state index in [1.807, 2.05) is 6.07 Å². The zero-order chi connectivity index (χ0) is 14.4. The summed E-state index contributed by atoms with van der Waals surface area (Å²) in [7, 11) is 1.56. The van der Waals surface area contributed by atoms with Gasteiger partial charge in [0.25, 0.3) is 0 Å². The second-order valence-electron chi connectivity index (χ2n) is 4.64. The highest BCUT2D eigenvalue weighted by Gasteiger charge is 2.15. The van der Waals surface area contributed by atoms with E-state index in [4.69, 9.17) is 21.1 Å². The number of hydrogen-bond donors (Lipinski definition) is 2. The van der Waals surface area contributed by atoms with Gasteiger partial charge < -0.3 is 20.1 Å². The van der Waals surface area contributed by atoms with Crippen LogP contribution in [0.5, 0.6) is 5.75 Å². The smallest absolute Gasteiger partial charge is 0.239 e. The SMILES string of the molecule is COc1ccc(NCC(=O)NCC2CCCO2)cc1Cl. The number of carbonyl (C=O) groups is 1. The molecule has 0 radical (unpaired) electrons. The van der Waals surface area contributed by atoms with Crippen molar-refractivity contribution in [2.75, 3.05) is 32.1 Å². The van der Waals surface area contributed by atoms with Crippen LogP contribution in [0.25, 0.3) is 0 Å². The molecule has 1 aliphatic rings. The molecule has 1 aromatic rings. The van der Waals surface area contributed by atoms with Gasteiger partial charge >= 0.3 is 0 Å². The van der Waals surface area contributed by atoms with Crippen LogP contribution in [0.15, 0.2) is 18.2 Å². The van der Waals surface area contributed by atoms with Gasteiger partial charge in [-0.3, -0.25) is 4.79 Å². The molecule has 0 aliphatic carbocycles. The van der Waals surface area contributed by atoms with E-state index in [9.17, 15) is 4.79 Å². The van der Waals surface area contributed by atoms with E-state index in [2.05, 4.69) is 10.6 Å². The van der Waals surface area contributed by atoms with Crippen LogP contribution < -0.4 is 15.4 Å². The summed E-state index contributed by atoms with van der Waals surface area (Å²) in [4.78, 5) is 11.7. The van der Waals surface area contributed by atoms with Crippen molar-refractivity contribution in [2.45, 2.75) is 18.9 Å². The highest BCUT2D eigenvalue weighted by molar-refractivity contribution is 6.32. The van der Waals surface area contributed by atoms with E-state index >= 15 is 0 Å². The summed E-state index contributed by atoms with van der Waals surface area (Å²) < 4.78 is 10.5. The number of hydrogen-bond acceptors (Lipinski definition) is 4. The number of methoxy groups -OCH3 is 1. The lowest BCUT2D eigenvalue weighted by Gasteiger charge is -2.12. The van der Waals surface area contributed by atoms with Gasteiger partial charge in [0.15, 0.2) is 0 Å². The summed E-state index contributed by atoms with van der Waals surface area (Å²) in [6.07, 6.45) is 2.25. The maximum Gasteiger partial charge on any atom is 0.239 e. The van der Waals surface area contributed by atoms with E-state index in [0.717, 1.165) is 25.1 Å². The molecule has 1 aromatic carbocycles. The van der Waals surface area contributed by atoms with Crippen LogP contribution in [0.1, 0.15) is 12.8 Å². The fraction of sp³-hybridized carbons (Fsp3) is 0.500. The second-order valence-corrected chi connectivity index (χ2v) is 5.05. The van der Waals surface area contributed by atoms with Crippen LogP contribution in [-0.2, 0) is 9.53 Å². The minimum absolute atomic E-state index is 0.0626. The normalized spacial score (nSPS) is 17.8. The Morgan fingerprint density at radius 1 is 1.55 bits per heavy atom. The van der Waals surface area contributed by atoms with E-state index < -0.39 is 0 Å². The summed E-state index contributed by atoms with van der Waals surface area (Å²) in [5.74, 6) is 0.549. The molecule has 0 bridgehead atoms. The van der Waals surface area contributed by atoms with Crippen LogP contribution in [-0.4, -0.2) is 38.8 Å². The van der Waals surface area contributed by atoms with Crippen molar-refractivity contribution in [3.63, 3.8) is 0 Å². The maximum atomic E-state index is 11.7. The predicted octanol–water partition coefficient (Wildman–Crippen LogP) is 2.06. The summed E-state index contributed by atoms with van der Waals surface area (Å²) in [5.41, 5.74) is 0.781. The quantitative estimate of drug-likeness (QED) is 0.844. The Morgan fingerprint density at radius 2 is 2.40 bits per heavy atom. The molecule has 1 aliphatic heterocycles. The third-order valence-electron chi connectivity index (χ3n) is 3.16. The molecule has 0 saturated carbocycles. The predicted molar refractivity (Wildman–Crippen MR) is 78.5 cm³/mol. The highest BCUT2D eigenvalue weighted by Crippen LogP contribution is 2.26. The number of benzene rings is 1. The maximum absolute atomic E-state index is 11.7. The molecule has 20 heavy (non-hydrogen) atoms. The van der Waals surface area contributed by atoms with Crippen molar-refractivity contribution in [1.29, 1.82) is 0 Å². The fourth-order valence-corrected chi connectivity index (χ4v) is 2.31. The van der Waals surface area contributed by atoms with Gasteiger partial charge in [-0.2, -0.15) is 0 Å². The summed E-state index contributed by atoms with van der Waals surface area (Å²) in [6.45, 7) is 1.57. The van der Waals surface area contributed by atoms with Crippen molar-refractivity contribution in [2.24, 2.45) is 0 Å². The van der Waals surface area contributed by atoms with Gasteiger partial charge in [-0.25, -0.2) is 0 Å². The lowest BCUT2D eigenvalue weighted by molar-refractivity contribution is -0.119. The van der Waals surface area contributed by atoms with Crippen LogP contribution in [0, 0.1) is 0 Å². The number of rotatable bonds is 6. The Morgan fingerprint density at radius 3 is 3.05 bits per heavy atom. The van der Waals surface area contributed by atoms with Crippen molar-refractivity contribution in [3.05, 3.63) is 23.2 Å². The summed E-state index contributed by atoms with van der Waals surface area (Å²) in [5, 5.41) is 6.38. The molecule has 1 saturated heterocycles. The van der Waals surface area contributed by atoms with Crippen molar-refractivity contribution in [3.8, 4) is 5.75 Å². The van der Waals surface area contributed by atoms with Crippen LogP contribution in [0.4, 0.5) is 5.69 Å². The van der Waals surface area contributed by atoms with Crippen molar-refractivity contribution < 1.29 is 14.3 Å². The first-order valence-electron chi connectivity index (χ1n) is 6.65. The van der Waals surface area contributed by atoms with Crippen LogP contribution in [0.2, 0.25) is 5.02 Å². The minimum atomic E-state index is -0.0626. The summed E-state index contributed by atoms with van der Waals surface area (Å²) in [6, 6.07) is 5.31. The van der Waals surface area contributed by atoms with Gasteiger partial charge in [0, 0.05) is 18.8 Å². The largest absolute Gasteiger partial charge is 0.495 e. The van der Waals surface area contributed by atoms with Crippen molar-refractivity contribution in [1.82, 2.24) is 5.32 Å². The van der Waals surface area contributed by atoms with E-state index in [1.54, 1.807) is 19.2 Å². The van der Waals surface area contributed by atoms with Crippen LogP contribution >= 0.6 is 11.6 Å². The monoisotopic (exact) mass is 298 g/mol. The third kappa shape index (κ3) is 4.28. The number of ether oxygens (including phenoxy) is 2. The molecule has 6 heteroatoms. The number of anilines is 1. The average Bonchev–Trinajstić information content (AvgIpc) is 2.96. The number of carbonyl (C=O) groups excluding carboxylic acids is 1. The van der Waals surface area contributed by atoms with Crippen LogP contribution in [0.3, 0.4) is 0 Å². The Bertz CT molecular complexity index is 462. The van der Waals surface area contributed by atoms with E-state index in [1.165, 1.54) is 0 Å². The van der Waals surface area contributed by atoms with Gasteiger partial charge in [-0.1, -0.05) is 11.6 Å². The van der Waals surface area contributed by atoms with Gasteiger partial charge in [-0.15, -0.1) is 0 Å². The Balaban J connectivity index is 1.73. The zero-order valence-corrected chi connectivity index (χ0v) is 12.2. The zero-order valence-electron chi connectivity index (χ0n) is 11.4. The molecule has 1 amide bonds. The number of halogens is 1. The topological polar surface area (TPSA) is 59.6 Å². The Kier molecular flexibility index (Phi) is 5.49. The molecule has 2 N–H and O–H groups in total.